The van der Waals surface area contributed by atoms with Gasteiger partial charge in [0.05, 0.1) is 6.04 Å². The molecule has 1 aromatic heterocycles. The predicted octanol–water partition coefficient (Wildman–Crippen LogP) is 4.40. The van der Waals surface area contributed by atoms with Crippen LogP contribution in [0.2, 0.25) is 0 Å². The van der Waals surface area contributed by atoms with Crippen molar-refractivity contribution in [3.05, 3.63) is 73.8 Å². The van der Waals surface area contributed by atoms with Gasteiger partial charge in [0.1, 0.15) is 6.23 Å². The Bertz CT molecular complexity index is 1550. The van der Waals surface area contributed by atoms with Crippen LogP contribution in [0.5, 0.6) is 0 Å². The van der Waals surface area contributed by atoms with Crippen LogP contribution in [0, 0.1) is 18.8 Å². The molecule has 1 fully saturated rings. The lowest BCUT2D eigenvalue weighted by atomic mass is 9.91. The average molecular weight is 655 g/mol. The highest BCUT2D eigenvalue weighted by atomic mass is 32.1. The summed E-state index contributed by atoms with van der Waals surface area (Å²) < 4.78 is 0. The quantitative estimate of drug-likeness (QED) is 0.118. The van der Waals surface area contributed by atoms with Crippen molar-refractivity contribution in [2.45, 2.75) is 71.7 Å². The highest BCUT2D eigenvalue weighted by molar-refractivity contribution is 7.83. The first-order valence-electron chi connectivity index (χ1n) is 15.0. The molecule has 3 aliphatic heterocycles. The van der Waals surface area contributed by atoms with Gasteiger partial charge < -0.3 is 36.3 Å². The Kier molecular flexibility index (Phi) is 11.2. The smallest absolute Gasteiger partial charge is 0.328 e. The molecular formula is C33H42N4O6S2. The number of carboxylic acids is 2. The maximum Gasteiger partial charge on any atom is 0.328 e. The number of carbonyl (C=O) groups is 3. The molecule has 5 atom stereocenters. The summed E-state index contributed by atoms with van der Waals surface area (Å²) in [6.07, 6.45) is 9.09. The molecule has 10 nitrogen and oxygen atoms in total. The van der Waals surface area contributed by atoms with Crippen LogP contribution >= 0.6 is 25.3 Å². The van der Waals surface area contributed by atoms with Gasteiger partial charge in [-0.25, -0.2) is 4.79 Å². The lowest BCUT2D eigenvalue weighted by Crippen LogP contribution is -2.36. The summed E-state index contributed by atoms with van der Waals surface area (Å²) in [5, 5.41) is 40.7. The molecule has 3 aliphatic rings. The van der Waals surface area contributed by atoms with Gasteiger partial charge in [-0.1, -0.05) is 6.92 Å². The number of carboxylic acid groups (broad SMARTS) is 2. The molecule has 4 rings (SSSR count). The molecule has 4 heterocycles. The van der Waals surface area contributed by atoms with Crippen LogP contribution in [0.25, 0.3) is 18.2 Å². The summed E-state index contributed by atoms with van der Waals surface area (Å²) in [6, 6.07) is -0.366. The molecule has 0 radical (unpaired) electrons. The normalized spacial score (nSPS) is 27.0. The highest BCUT2D eigenvalue weighted by Crippen LogP contribution is 2.37. The third-order valence-electron chi connectivity index (χ3n) is 9.09. The fourth-order valence-corrected chi connectivity index (χ4v) is 6.82. The molecule has 7 N–H and O–H groups in total. The molecule has 0 aliphatic carbocycles. The molecule has 2 unspecified atom stereocenters. The van der Waals surface area contributed by atoms with E-state index in [4.69, 9.17) is 0 Å². The van der Waals surface area contributed by atoms with Gasteiger partial charge in [-0.05, 0) is 97.8 Å². The number of hydrogen-bond acceptors (Lipinski definition) is 8. The Balaban J connectivity index is 1.75. The van der Waals surface area contributed by atoms with Crippen molar-refractivity contribution in [1.29, 1.82) is 0 Å². The van der Waals surface area contributed by atoms with Crippen LogP contribution in [-0.4, -0.2) is 62.2 Å². The zero-order valence-corrected chi connectivity index (χ0v) is 27.6. The second-order valence-corrected chi connectivity index (χ2v) is 12.6. The summed E-state index contributed by atoms with van der Waals surface area (Å²) in [6.45, 7) is 7.79. The van der Waals surface area contributed by atoms with Gasteiger partial charge >= 0.3 is 11.9 Å². The van der Waals surface area contributed by atoms with Gasteiger partial charge in [-0.15, -0.1) is 0 Å². The Morgan fingerprint density at radius 1 is 0.978 bits per heavy atom. The van der Waals surface area contributed by atoms with Crippen LogP contribution in [0.4, 0.5) is 0 Å². The van der Waals surface area contributed by atoms with E-state index in [0.717, 1.165) is 51.9 Å². The minimum atomic E-state index is -1.08. The molecule has 0 aromatic carbocycles. The standard InChI is InChI=1S/C33H42N4O6S2/c1-16-20(5-7-30(38)39)27(34-24(16)13-26-18(3)23(10-12-45)33(43)36-26)15-28-21(6-8-31(40)41)17(2)25(35-28)14-29-22(9-11-44)19(4)32(42)37-29/h6,8,10,12,14-15,19,22,24,26,32,34-35,37,42,44-45H,5,7,9,11,13H2,1-4H3,(H,36,43)(H,38,39)(H,40,41)/b8-6-,12-10+,27-15-,29-14-/t19-,22-,24?,26-,32?/m1/s1. The van der Waals surface area contributed by atoms with Crippen LogP contribution < -0.4 is 16.0 Å². The van der Waals surface area contributed by atoms with Gasteiger partial charge in [-0.2, -0.15) is 25.3 Å². The van der Waals surface area contributed by atoms with Crippen LogP contribution in [0.3, 0.4) is 0 Å². The third kappa shape index (κ3) is 7.62. The van der Waals surface area contributed by atoms with Gasteiger partial charge in [0, 0.05) is 64.3 Å². The topological polar surface area (TPSA) is 164 Å². The first-order valence-corrected chi connectivity index (χ1v) is 16.1. The lowest BCUT2D eigenvalue weighted by molar-refractivity contribution is -0.137. The lowest BCUT2D eigenvalue weighted by Gasteiger charge is -2.20. The van der Waals surface area contributed by atoms with Crippen molar-refractivity contribution in [1.82, 2.24) is 20.9 Å². The maximum absolute atomic E-state index is 12.5. The number of hydrogen-bond donors (Lipinski definition) is 9. The van der Waals surface area contributed by atoms with Crippen LogP contribution in [0.1, 0.15) is 69.0 Å². The Morgan fingerprint density at radius 2 is 1.69 bits per heavy atom. The van der Waals surface area contributed by atoms with E-state index < -0.39 is 18.2 Å². The first-order chi connectivity index (χ1) is 21.4. The summed E-state index contributed by atoms with van der Waals surface area (Å²) in [5.74, 6) is -1.39. The summed E-state index contributed by atoms with van der Waals surface area (Å²) in [5.41, 5.74) is 7.91. The number of aliphatic carboxylic acids is 2. The first kappa shape index (κ1) is 34.3. The van der Waals surface area contributed by atoms with Crippen molar-refractivity contribution in [2.75, 3.05) is 5.75 Å². The van der Waals surface area contributed by atoms with Crippen molar-refractivity contribution >= 4 is 61.3 Å². The molecule has 0 spiro atoms. The summed E-state index contributed by atoms with van der Waals surface area (Å²) in [7, 11) is 0. The number of carbonyl (C=O) groups excluding carboxylic acids is 1. The number of amides is 1. The molecule has 1 aromatic rings. The molecular weight excluding hydrogens is 613 g/mol. The van der Waals surface area contributed by atoms with Gasteiger partial charge in [-0.3, -0.25) is 9.59 Å². The number of aliphatic hydroxyl groups is 1. The number of aliphatic hydroxyl groups excluding tert-OH is 1. The minimum Gasteiger partial charge on any atom is -0.481 e. The Morgan fingerprint density at radius 3 is 2.33 bits per heavy atom. The number of aromatic nitrogens is 1. The second kappa shape index (κ2) is 14.7. The van der Waals surface area contributed by atoms with Gasteiger partial charge in [0.25, 0.3) is 5.91 Å². The minimum absolute atomic E-state index is 0.00398. The van der Waals surface area contributed by atoms with E-state index in [1.807, 2.05) is 39.8 Å². The van der Waals surface area contributed by atoms with Gasteiger partial charge in [0.2, 0.25) is 0 Å². The SMILES string of the molecule is CC1=C(CCC(=O)O)/C(=C/c2[nH]c(/C=C3\NC(O)[C@H](C)[C@H]3CCS)c(C)c2/C=C\C(=O)O)NC1C[C@H]1NC(=O)C(/C=C/S)=C1C. The van der Waals surface area contributed by atoms with Crippen molar-refractivity contribution in [3.63, 3.8) is 0 Å². The van der Waals surface area contributed by atoms with E-state index in [1.165, 1.54) is 5.41 Å². The zero-order chi connectivity index (χ0) is 33.0. The Labute approximate surface area is 274 Å². The molecule has 0 bridgehead atoms. The van der Waals surface area contributed by atoms with E-state index >= 15 is 0 Å². The average Bonchev–Trinajstić information content (AvgIpc) is 3.61. The number of thiol groups is 2. The highest BCUT2D eigenvalue weighted by Gasteiger charge is 2.36. The second-order valence-electron chi connectivity index (χ2n) is 11.8. The summed E-state index contributed by atoms with van der Waals surface area (Å²) in [4.78, 5) is 39.0. The predicted molar refractivity (Wildman–Crippen MR) is 182 cm³/mol. The van der Waals surface area contributed by atoms with E-state index in [0.29, 0.717) is 35.4 Å². The molecule has 1 amide bonds. The van der Waals surface area contributed by atoms with Crippen LogP contribution in [0.15, 0.2) is 51.2 Å². The maximum atomic E-state index is 12.5. The van der Waals surface area contributed by atoms with Crippen molar-refractivity contribution < 1.29 is 29.7 Å². The van der Waals surface area contributed by atoms with E-state index in [2.05, 4.69) is 46.2 Å². The van der Waals surface area contributed by atoms with Crippen LogP contribution in [-0.2, 0) is 14.4 Å². The van der Waals surface area contributed by atoms with Gasteiger partial charge in [0.15, 0.2) is 0 Å². The van der Waals surface area contributed by atoms with Crippen molar-refractivity contribution in [2.24, 2.45) is 11.8 Å². The van der Waals surface area contributed by atoms with Crippen molar-refractivity contribution in [3.8, 4) is 0 Å². The van der Waals surface area contributed by atoms with E-state index in [9.17, 15) is 29.7 Å². The number of H-pyrrole nitrogens is 1. The van der Waals surface area contributed by atoms with E-state index in [1.54, 1.807) is 12.2 Å². The monoisotopic (exact) mass is 654 g/mol. The fraction of sp³-hybridized carbons (Fsp3) is 0.424. The molecule has 12 heteroatoms. The largest absolute Gasteiger partial charge is 0.481 e. The fourth-order valence-electron chi connectivity index (χ4n) is 6.40. The third-order valence-corrected chi connectivity index (χ3v) is 9.50. The molecule has 242 valence electrons. The number of rotatable bonds is 12. The Hall–Kier alpha value is -3.61. The zero-order valence-electron chi connectivity index (χ0n) is 25.8. The molecule has 1 saturated heterocycles. The van der Waals surface area contributed by atoms with E-state index in [-0.39, 0.29) is 36.2 Å². The molecule has 45 heavy (non-hydrogen) atoms. The number of aromatic amines is 1. The summed E-state index contributed by atoms with van der Waals surface area (Å²) >= 11 is 8.52. The number of nitrogens with one attached hydrogen (secondary N) is 4. The number of allylic oxidation sites excluding steroid dienone is 2. The molecule has 0 saturated carbocycles.